The second-order valence-corrected chi connectivity index (χ2v) is 7.43. The van der Waals surface area contributed by atoms with Crippen molar-refractivity contribution in [1.29, 1.82) is 0 Å². The normalized spacial score (nSPS) is 23.5. The van der Waals surface area contributed by atoms with Gasteiger partial charge in [-0.1, -0.05) is 13.3 Å². The zero-order chi connectivity index (χ0) is 15.5. The van der Waals surface area contributed by atoms with Gasteiger partial charge in [-0.25, -0.2) is 12.7 Å². The first-order chi connectivity index (χ1) is 9.94. The van der Waals surface area contributed by atoms with Gasteiger partial charge in [0.15, 0.2) is 0 Å². The number of nitrogens with one attached hydrogen (secondary N) is 1. The number of H-pyrrole nitrogens is 1. The summed E-state index contributed by atoms with van der Waals surface area (Å²) in [6.45, 7) is 2.44. The Labute approximate surface area is 123 Å². The minimum atomic E-state index is -3.33. The molecule has 0 aliphatic carbocycles. The molecule has 0 bridgehead atoms. The summed E-state index contributed by atoms with van der Waals surface area (Å²) >= 11 is 0. The van der Waals surface area contributed by atoms with Crippen LogP contribution in [0.3, 0.4) is 0 Å². The fraction of sp³-hybridized carbons (Fsp3) is 0.750. The highest BCUT2D eigenvalue weighted by atomic mass is 32.2. The van der Waals surface area contributed by atoms with Crippen LogP contribution in [-0.2, 0) is 14.8 Å². The van der Waals surface area contributed by atoms with Crippen LogP contribution in [0, 0.1) is 5.92 Å². The lowest BCUT2D eigenvalue weighted by Crippen LogP contribution is -2.31. The SMILES string of the molecule is CCCCS(=O)(=O)N1C[C@H](CC(=O)O)[C@H](c2cn[nH]n2)C1. The van der Waals surface area contributed by atoms with Crippen molar-refractivity contribution in [3.8, 4) is 0 Å². The Hall–Kier alpha value is -1.48. The van der Waals surface area contributed by atoms with Crippen LogP contribution in [0.15, 0.2) is 6.20 Å². The van der Waals surface area contributed by atoms with Gasteiger partial charge in [0, 0.05) is 19.0 Å². The first-order valence-electron chi connectivity index (χ1n) is 6.99. The van der Waals surface area contributed by atoms with Crippen molar-refractivity contribution in [2.75, 3.05) is 18.8 Å². The lowest BCUT2D eigenvalue weighted by atomic mass is 9.91. The van der Waals surface area contributed by atoms with E-state index in [1.54, 1.807) is 0 Å². The van der Waals surface area contributed by atoms with Crippen molar-refractivity contribution in [3.63, 3.8) is 0 Å². The second kappa shape index (κ2) is 6.52. The molecule has 1 aliphatic rings. The number of carboxylic acid groups (broad SMARTS) is 1. The molecule has 2 rings (SSSR count). The molecule has 1 aliphatic heterocycles. The number of hydrogen-bond acceptors (Lipinski definition) is 5. The van der Waals surface area contributed by atoms with Crippen molar-refractivity contribution < 1.29 is 18.3 Å². The standard InChI is InChI=1S/C12H20N4O4S/c1-2-3-4-21(19,20)16-7-9(5-12(17)18)10(8-16)11-6-13-15-14-11/h6,9-10H,2-5,7-8H2,1H3,(H,17,18)(H,13,14,15)/t9-,10+/m0/s1. The summed E-state index contributed by atoms with van der Waals surface area (Å²) in [6, 6.07) is 0. The number of rotatable bonds is 7. The van der Waals surface area contributed by atoms with Gasteiger partial charge in [-0.3, -0.25) is 4.79 Å². The van der Waals surface area contributed by atoms with Gasteiger partial charge in [-0.05, 0) is 12.3 Å². The predicted octanol–water partition coefficient (Wildman–Crippen LogP) is 0.425. The van der Waals surface area contributed by atoms with Crippen LogP contribution in [0.25, 0.3) is 0 Å². The Morgan fingerprint density at radius 3 is 2.86 bits per heavy atom. The van der Waals surface area contributed by atoms with Crippen molar-refractivity contribution in [2.24, 2.45) is 5.92 Å². The smallest absolute Gasteiger partial charge is 0.303 e. The summed E-state index contributed by atoms with van der Waals surface area (Å²) in [7, 11) is -3.33. The molecule has 8 nitrogen and oxygen atoms in total. The van der Waals surface area contributed by atoms with Crippen LogP contribution >= 0.6 is 0 Å². The average molecular weight is 316 g/mol. The van der Waals surface area contributed by atoms with E-state index < -0.39 is 16.0 Å². The molecule has 1 fully saturated rings. The van der Waals surface area contributed by atoms with Gasteiger partial charge in [0.1, 0.15) is 0 Å². The van der Waals surface area contributed by atoms with E-state index in [0.717, 1.165) is 6.42 Å². The average Bonchev–Trinajstić information content (AvgIpc) is 3.04. The Kier molecular flexibility index (Phi) is 4.94. The maximum absolute atomic E-state index is 12.3. The Morgan fingerprint density at radius 2 is 2.29 bits per heavy atom. The molecule has 0 amide bonds. The van der Waals surface area contributed by atoms with E-state index >= 15 is 0 Å². The Bertz CT molecular complexity index is 572. The maximum atomic E-state index is 12.3. The summed E-state index contributed by atoms with van der Waals surface area (Å²) < 4.78 is 25.9. The van der Waals surface area contributed by atoms with Gasteiger partial charge < -0.3 is 5.11 Å². The monoisotopic (exact) mass is 316 g/mol. The molecule has 0 saturated carbocycles. The lowest BCUT2D eigenvalue weighted by molar-refractivity contribution is -0.138. The summed E-state index contributed by atoms with van der Waals surface area (Å²) in [5.74, 6) is -1.32. The molecule has 1 aromatic heterocycles. The van der Waals surface area contributed by atoms with Crippen LogP contribution in [0.5, 0.6) is 0 Å². The topological polar surface area (TPSA) is 116 Å². The van der Waals surface area contributed by atoms with E-state index in [-0.39, 0.29) is 37.1 Å². The molecule has 118 valence electrons. The molecule has 2 heterocycles. The molecule has 1 aromatic rings. The number of sulfonamides is 1. The molecule has 9 heteroatoms. The van der Waals surface area contributed by atoms with E-state index in [1.807, 2.05) is 6.92 Å². The second-order valence-electron chi connectivity index (χ2n) is 5.35. The number of carboxylic acids is 1. The third-order valence-corrected chi connectivity index (χ3v) is 5.70. The molecule has 0 unspecified atom stereocenters. The first-order valence-corrected chi connectivity index (χ1v) is 8.60. The first kappa shape index (κ1) is 15.9. The zero-order valence-electron chi connectivity index (χ0n) is 11.9. The van der Waals surface area contributed by atoms with Crippen molar-refractivity contribution in [2.45, 2.75) is 32.1 Å². The molecule has 0 aromatic carbocycles. The number of carbonyl (C=O) groups is 1. The largest absolute Gasteiger partial charge is 0.481 e. The third-order valence-electron chi connectivity index (χ3n) is 3.81. The van der Waals surface area contributed by atoms with Crippen molar-refractivity contribution in [1.82, 2.24) is 19.7 Å². The van der Waals surface area contributed by atoms with Crippen LogP contribution in [0.1, 0.15) is 37.8 Å². The molecular formula is C12H20N4O4S. The minimum Gasteiger partial charge on any atom is -0.481 e. The highest BCUT2D eigenvalue weighted by molar-refractivity contribution is 7.89. The van der Waals surface area contributed by atoms with Gasteiger partial charge in [0.25, 0.3) is 0 Å². The number of aliphatic carboxylic acids is 1. The fourth-order valence-electron chi connectivity index (χ4n) is 2.67. The molecule has 21 heavy (non-hydrogen) atoms. The number of nitrogens with zero attached hydrogens (tertiary/aromatic N) is 3. The molecule has 2 atom stereocenters. The van der Waals surface area contributed by atoms with Crippen LogP contribution < -0.4 is 0 Å². The van der Waals surface area contributed by atoms with Crippen molar-refractivity contribution >= 4 is 16.0 Å². The predicted molar refractivity (Wildman–Crippen MR) is 75.1 cm³/mol. The third kappa shape index (κ3) is 3.79. The number of aromatic amines is 1. The van der Waals surface area contributed by atoms with Gasteiger partial charge in [0.2, 0.25) is 10.0 Å². The van der Waals surface area contributed by atoms with Gasteiger partial charge in [-0.2, -0.15) is 15.4 Å². The van der Waals surface area contributed by atoms with E-state index in [0.29, 0.717) is 12.1 Å². The lowest BCUT2D eigenvalue weighted by Gasteiger charge is -2.15. The molecule has 2 N–H and O–H groups in total. The van der Waals surface area contributed by atoms with Crippen LogP contribution in [0.2, 0.25) is 0 Å². The number of unbranched alkanes of at least 4 members (excludes halogenated alkanes) is 1. The van der Waals surface area contributed by atoms with Crippen molar-refractivity contribution in [3.05, 3.63) is 11.9 Å². The fourth-order valence-corrected chi connectivity index (χ4v) is 4.39. The van der Waals surface area contributed by atoms with E-state index in [2.05, 4.69) is 15.4 Å². The summed E-state index contributed by atoms with van der Waals surface area (Å²) in [6.07, 6.45) is 2.87. The van der Waals surface area contributed by atoms with Gasteiger partial charge in [0.05, 0.1) is 24.1 Å². The Morgan fingerprint density at radius 1 is 1.52 bits per heavy atom. The number of aromatic nitrogens is 3. The zero-order valence-corrected chi connectivity index (χ0v) is 12.7. The highest BCUT2D eigenvalue weighted by Crippen LogP contribution is 2.35. The number of hydrogen-bond donors (Lipinski definition) is 2. The summed E-state index contributed by atoms with van der Waals surface area (Å²) in [4.78, 5) is 11.0. The van der Waals surface area contributed by atoms with Gasteiger partial charge >= 0.3 is 5.97 Å². The van der Waals surface area contributed by atoms with E-state index in [1.165, 1.54) is 10.5 Å². The quantitative estimate of drug-likeness (QED) is 0.753. The molecule has 1 saturated heterocycles. The Balaban J connectivity index is 2.16. The highest BCUT2D eigenvalue weighted by Gasteiger charge is 2.41. The minimum absolute atomic E-state index is 0.0721. The molecular weight excluding hydrogens is 296 g/mol. The molecule has 0 spiro atoms. The summed E-state index contributed by atoms with van der Waals surface area (Å²) in [5, 5.41) is 19.2. The maximum Gasteiger partial charge on any atom is 0.303 e. The van der Waals surface area contributed by atoms with E-state index in [9.17, 15) is 13.2 Å². The van der Waals surface area contributed by atoms with E-state index in [4.69, 9.17) is 5.11 Å². The molecule has 0 radical (unpaired) electrons. The van der Waals surface area contributed by atoms with Gasteiger partial charge in [-0.15, -0.1) is 0 Å². The van der Waals surface area contributed by atoms with Crippen LogP contribution in [-0.4, -0.2) is 58.1 Å². The summed E-state index contributed by atoms with van der Waals surface area (Å²) in [5.41, 5.74) is 0.620. The van der Waals surface area contributed by atoms with Crippen LogP contribution in [0.4, 0.5) is 0 Å².